The highest BCUT2D eigenvalue weighted by Crippen LogP contribution is 2.29. The number of nitrogens with one attached hydrogen (secondary N) is 2. The van der Waals surface area contributed by atoms with Gasteiger partial charge in [-0.1, -0.05) is 0 Å². The van der Waals surface area contributed by atoms with Crippen LogP contribution in [0.1, 0.15) is 39.5 Å². The molecule has 4 nitrogen and oxygen atoms in total. The molecule has 2 atom stereocenters. The lowest BCUT2D eigenvalue weighted by Crippen LogP contribution is -2.47. The lowest BCUT2D eigenvalue weighted by Gasteiger charge is -2.29. The van der Waals surface area contributed by atoms with Gasteiger partial charge in [0.15, 0.2) is 0 Å². The van der Waals surface area contributed by atoms with Gasteiger partial charge in [0, 0.05) is 31.7 Å². The molecule has 1 saturated carbocycles. The second-order valence-electron chi connectivity index (χ2n) is 5.63. The van der Waals surface area contributed by atoms with Crippen molar-refractivity contribution in [1.82, 2.24) is 15.5 Å². The van der Waals surface area contributed by atoms with Crippen molar-refractivity contribution in [3.8, 4) is 0 Å². The third-order valence-electron chi connectivity index (χ3n) is 3.91. The molecular weight excluding hydrogens is 214 g/mol. The first-order chi connectivity index (χ1) is 8.11. The molecule has 0 spiro atoms. The summed E-state index contributed by atoms with van der Waals surface area (Å²) in [4.78, 5) is 14.1. The standard InChI is InChI=1S/C13H25N3O/c1-9(2)16(11-5-6-11)8-10-4-7-12(15-10)13(17)14-3/h9-12,15H,4-8H2,1-3H3,(H,14,17). The zero-order valence-electron chi connectivity index (χ0n) is 11.2. The second-order valence-corrected chi connectivity index (χ2v) is 5.63. The molecule has 0 radical (unpaired) electrons. The highest BCUT2D eigenvalue weighted by molar-refractivity contribution is 5.81. The van der Waals surface area contributed by atoms with E-state index >= 15 is 0 Å². The highest BCUT2D eigenvalue weighted by Gasteiger charge is 2.35. The van der Waals surface area contributed by atoms with Crippen molar-refractivity contribution in [1.29, 1.82) is 0 Å². The molecule has 2 aliphatic rings. The van der Waals surface area contributed by atoms with Crippen molar-refractivity contribution < 1.29 is 4.79 Å². The van der Waals surface area contributed by atoms with E-state index in [-0.39, 0.29) is 11.9 Å². The fraction of sp³-hybridized carbons (Fsp3) is 0.923. The van der Waals surface area contributed by atoms with E-state index in [9.17, 15) is 4.79 Å². The van der Waals surface area contributed by atoms with Gasteiger partial charge in [-0.05, 0) is 39.5 Å². The van der Waals surface area contributed by atoms with Gasteiger partial charge in [0.1, 0.15) is 0 Å². The van der Waals surface area contributed by atoms with Crippen LogP contribution in [0.4, 0.5) is 0 Å². The van der Waals surface area contributed by atoms with Gasteiger partial charge in [-0.2, -0.15) is 0 Å². The van der Waals surface area contributed by atoms with E-state index in [1.807, 2.05) is 0 Å². The first kappa shape index (κ1) is 12.8. The molecule has 2 unspecified atom stereocenters. The third kappa shape index (κ3) is 3.19. The zero-order valence-corrected chi connectivity index (χ0v) is 11.2. The molecule has 0 aromatic carbocycles. The molecule has 2 fully saturated rings. The molecule has 1 saturated heterocycles. The predicted molar refractivity (Wildman–Crippen MR) is 68.9 cm³/mol. The Kier molecular flexibility index (Phi) is 4.05. The summed E-state index contributed by atoms with van der Waals surface area (Å²) in [6.45, 7) is 5.63. The number of likely N-dealkylation sites (N-methyl/N-ethyl adjacent to an activating group) is 1. The van der Waals surface area contributed by atoms with Crippen LogP contribution in [0, 0.1) is 0 Å². The largest absolute Gasteiger partial charge is 0.358 e. The molecule has 0 aromatic rings. The van der Waals surface area contributed by atoms with Gasteiger partial charge in [-0.15, -0.1) is 0 Å². The van der Waals surface area contributed by atoms with Gasteiger partial charge >= 0.3 is 0 Å². The Morgan fingerprint density at radius 3 is 2.59 bits per heavy atom. The Morgan fingerprint density at radius 1 is 1.35 bits per heavy atom. The monoisotopic (exact) mass is 239 g/mol. The van der Waals surface area contributed by atoms with Crippen molar-refractivity contribution in [2.24, 2.45) is 0 Å². The van der Waals surface area contributed by atoms with E-state index in [4.69, 9.17) is 0 Å². The Balaban J connectivity index is 1.82. The molecular formula is C13H25N3O. The summed E-state index contributed by atoms with van der Waals surface area (Å²) in [6.07, 6.45) is 4.79. The highest BCUT2D eigenvalue weighted by atomic mass is 16.2. The van der Waals surface area contributed by atoms with Crippen LogP contribution in [0.25, 0.3) is 0 Å². The van der Waals surface area contributed by atoms with Gasteiger partial charge in [0.25, 0.3) is 0 Å². The van der Waals surface area contributed by atoms with E-state index in [0.717, 1.165) is 25.4 Å². The maximum Gasteiger partial charge on any atom is 0.236 e. The van der Waals surface area contributed by atoms with Gasteiger partial charge in [-0.25, -0.2) is 0 Å². The second kappa shape index (κ2) is 5.36. The molecule has 2 rings (SSSR count). The zero-order chi connectivity index (χ0) is 12.4. The fourth-order valence-electron chi connectivity index (χ4n) is 2.79. The van der Waals surface area contributed by atoms with Gasteiger partial charge in [-0.3, -0.25) is 9.69 Å². The van der Waals surface area contributed by atoms with Crippen molar-refractivity contribution in [2.75, 3.05) is 13.6 Å². The summed E-state index contributed by atoms with van der Waals surface area (Å²) in [5.74, 6) is 0.134. The molecule has 0 aromatic heterocycles. The van der Waals surface area contributed by atoms with Crippen LogP contribution in [0.15, 0.2) is 0 Å². The first-order valence-electron chi connectivity index (χ1n) is 6.85. The number of rotatable bonds is 5. The smallest absolute Gasteiger partial charge is 0.236 e. The summed E-state index contributed by atoms with van der Waals surface area (Å²) in [5, 5.41) is 6.18. The number of hydrogen-bond acceptors (Lipinski definition) is 3. The number of hydrogen-bond donors (Lipinski definition) is 2. The topological polar surface area (TPSA) is 44.4 Å². The lowest BCUT2D eigenvalue weighted by molar-refractivity contribution is -0.122. The molecule has 98 valence electrons. The van der Waals surface area contributed by atoms with Crippen molar-refractivity contribution in [3.05, 3.63) is 0 Å². The minimum Gasteiger partial charge on any atom is -0.358 e. The van der Waals surface area contributed by atoms with Crippen LogP contribution in [0.5, 0.6) is 0 Å². The Hall–Kier alpha value is -0.610. The lowest BCUT2D eigenvalue weighted by atomic mass is 10.1. The molecule has 0 bridgehead atoms. The van der Waals surface area contributed by atoms with Crippen molar-refractivity contribution in [3.63, 3.8) is 0 Å². The summed E-state index contributed by atoms with van der Waals surface area (Å²) in [7, 11) is 1.71. The van der Waals surface area contributed by atoms with E-state index in [1.54, 1.807) is 7.05 Å². The number of amides is 1. The Morgan fingerprint density at radius 2 is 2.06 bits per heavy atom. The first-order valence-corrected chi connectivity index (χ1v) is 6.85. The number of nitrogens with zero attached hydrogens (tertiary/aromatic N) is 1. The molecule has 2 N–H and O–H groups in total. The maximum absolute atomic E-state index is 11.5. The molecule has 17 heavy (non-hydrogen) atoms. The van der Waals surface area contributed by atoms with E-state index in [1.165, 1.54) is 12.8 Å². The SMILES string of the molecule is CNC(=O)C1CCC(CN(C(C)C)C2CC2)N1. The van der Waals surface area contributed by atoms with Crippen LogP contribution >= 0.6 is 0 Å². The Bertz CT molecular complexity index is 274. The normalized spacial score (nSPS) is 29.0. The summed E-state index contributed by atoms with van der Waals surface area (Å²) < 4.78 is 0. The third-order valence-corrected chi connectivity index (χ3v) is 3.91. The van der Waals surface area contributed by atoms with Gasteiger partial charge < -0.3 is 10.6 Å². The van der Waals surface area contributed by atoms with E-state index in [0.29, 0.717) is 12.1 Å². The molecule has 1 heterocycles. The van der Waals surface area contributed by atoms with Crippen LogP contribution in [-0.4, -0.2) is 48.6 Å². The van der Waals surface area contributed by atoms with Gasteiger partial charge in [0.05, 0.1) is 6.04 Å². The molecule has 1 amide bonds. The molecule has 4 heteroatoms. The summed E-state index contributed by atoms with van der Waals surface area (Å²) in [5.41, 5.74) is 0. The van der Waals surface area contributed by atoms with Crippen LogP contribution in [0.2, 0.25) is 0 Å². The fourth-order valence-corrected chi connectivity index (χ4v) is 2.79. The molecule has 1 aliphatic heterocycles. The number of carbonyl (C=O) groups excluding carboxylic acids is 1. The maximum atomic E-state index is 11.5. The van der Waals surface area contributed by atoms with Crippen LogP contribution in [0.3, 0.4) is 0 Å². The minimum absolute atomic E-state index is 0.0261. The Labute approximate surface area is 104 Å². The average molecular weight is 239 g/mol. The van der Waals surface area contributed by atoms with Crippen LogP contribution in [-0.2, 0) is 4.79 Å². The minimum atomic E-state index is 0.0261. The summed E-state index contributed by atoms with van der Waals surface area (Å²) >= 11 is 0. The van der Waals surface area contributed by atoms with E-state index < -0.39 is 0 Å². The van der Waals surface area contributed by atoms with Crippen molar-refractivity contribution in [2.45, 2.75) is 63.7 Å². The number of carbonyl (C=O) groups is 1. The quantitative estimate of drug-likeness (QED) is 0.743. The van der Waals surface area contributed by atoms with Crippen LogP contribution < -0.4 is 10.6 Å². The van der Waals surface area contributed by atoms with E-state index in [2.05, 4.69) is 29.4 Å². The van der Waals surface area contributed by atoms with Gasteiger partial charge in [0.2, 0.25) is 5.91 Å². The molecule has 1 aliphatic carbocycles. The average Bonchev–Trinajstić information content (AvgIpc) is 3.03. The van der Waals surface area contributed by atoms with Crippen molar-refractivity contribution >= 4 is 5.91 Å². The summed E-state index contributed by atoms with van der Waals surface area (Å²) in [6, 6.07) is 1.93. The predicted octanol–water partition coefficient (Wildman–Crippen LogP) is 0.726.